The van der Waals surface area contributed by atoms with Gasteiger partial charge in [0.1, 0.15) is 0 Å². The molecule has 1 heteroatoms. The Kier molecular flexibility index (Phi) is 0.372. The van der Waals surface area contributed by atoms with Gasteiger partial charge < -0.3 is 0 Å². The minimum atomic E-state index is 0.819. The van der Waals surface area contributed by atoms with Crippen LogP contribution in [-0.4, -0.2) is 5.25 Å². The van der Waals surface area contributed by atoms with Crippen molar-refractivity contribution in [2.75, 3.05) is 0 Å². The summed E-state index contributed by atoms with van der Waals surface area (Å²) in [6.07, 6.45) is 0. The van der Waals surface area contributed by atoms with Gasteiger partial charge in [-0.25, -0.2) is 0 Å². The monoisotopic (exact) mass is 100 g/mol. The second-order valence-electron chi connectivity index (χ2n) is 2.50. The van der Waals surface area contributed by atoms with Crippen molar-refractivity contribution in [1.82, 2.24) is 0 Å². The predicted octanol–water partition coefficient (Wildman–Crippen LogP) is 1.18. The fraction of sp³-hybridized carbons (Fsp3) is 1.00. The standard InChI is InChI=1S/C5H8S/c1-2-3-4(2)5(3)6/h2-6H,1H3. The Labute approximate surface area is 43.3 Å². The first-order valence-corrected chi connectivity index (χ1v) is 3.02. The van der Waals surface area contributed by atoms with Crippen molar-refractivity contribution >= 4 is 12.6 Å². The molecular weight excluding hydrogens is 92.1 g/mol. The van der Waals surface area contributed by atoms with Crippen LogP contribution in [0.2, 0.25) is 0 Å². The second kappa shape index (κ2) is 0.664. The number of rotatable bonds is 0. The largest absolute Gasteiger partial charge is 0.175 e. The van der Waals surface area contributed by atoms with Gasteiger partial charge in [0, 0.05) is 5.25 Å². The number of hydrogen-bond donors (Lipinski definition) is 1. The molecule has 0 saturated heterocycles. The van der Waals surface area contributed by atoms with Gasteiger partial charge in [0.2, 0.25) is 0 Å². The van der Waals surface area contributed by atoms with Crippen LogP contribution in [0.15, 0.2) is 0 Å². The molecule has 0 bridgehead atoms. The molecule has 2 aliphatic rings. The van der Waals surface area contributed by atoms with E-state index in [4.69, 9.17) is 0 Å². The van der Waals surface area contributed by atoms with Crippen LogP contribution in [0.25, 0.3) is 0 Å². The van der Waals surface area contributed by atoms with Gasteiger partial charge in [0.15, 0.2) is 0 Å². The zero-order valence-electron chi connectivity index (χ0n) is 3.76. The summed E-state index contributed by atoms with van der Waals surface area (Å²) in [5.74, 6) is 3.15. The molecule has 2 atom stereocenters. The zero-order valence-corrected chi connectivity index (χ0v) is 4.65. The summed E-state index contributed by atoms with van der Waals surface area (Å²) in [5, 5.41) is 0.819. The van der Waals surface area contributed by atoms with E-state index in [2.05, 4.69) is 19.6 Å². The quantitative estimate of drug-likeness (QED) is 0.434. The molecule has 0 aliphatic heterocycles. The molecule has 2 rings (SSSR count). The average Bonchev–Trinajstić information content (AvgIpc) is 2.28. The lowest BCUT2D eigenvalue weighted by Crippen LogP contribution is -1.91. The molecule has 0 spiro atoms. The number of hydrogen-bond acceptors (Lipinski definition) is 1. The number of thiol groups is 1. The Morgan fingerprint density at radius 3 is 1.83 bits per heavy atom. The first-order valence-electron chi connectivity index (χ1n) is 2.50. The third-order valence-corrected chi connectivity index (χ3v) is 2.85. The number of fused-ring (bicyclic) bond motifs is 1. The normalized spacial score (nSPS) is 73.0. The maximum atomic E-state index is 4.28. The van der Waals surface area contributed by atoms with E-state index in [0.717, 1.165) is 23.0 Å². The summed E-state index contributed by atoms with van der Waals surface area (Å²) < 4.78 is 0. The van der Waals surface area contributed by atoms with E-state index in [9.17, 15) is 0 Å². The molecule has 2 fully saturated rings. The fourth-order valence-electron chi connectivity index (χ4n) is 1.34. The van der Waals surface area contributed by atoms with Crippen LogP contribution in [0.4, 0.5) is 0 Å². The van der Waals surface area contributed by atoms with Gasteiger partial charge >= 0.3 is 0 Å². The first kappa shape index (κ1) is 3.36. The summed E-state index contributed by atoms with van der Waals surface area (Å²) in [7, 11) is 0. The molecule has 2 unspecified atom stereocenters. The molecule has 0 amide bonds. The molecule has 0 heterocycles. The Hall–Kier alpha value is 0.350. The van der Waals surface area contributed by atoms with E-state index >= 15 is 0 Å². The topological polar surface area (TPSA) is 0 Å². The summed E-state index contributed by atoms with van der Waals surface area (Å²) in [6.45, 7) is 2.31. The molecule has 2 saturated carbocycles. The van der Waals surface area contributed by atoms with Gasteiger partial charge in [-0.3, -0.25) is 0 Å². The minimum absolute atomic E-state index is 0.819. The van der Waals surface area contributed by atoms with Crippen molar-refractivity contribution < 1.29 is 0 Å². The van der Waals surface area contributed by atoms with Gasteiger partial charge in [0.25, 0.3) is 0 Å². The van der Waals surface area contributed by atoms with Crippen molar-refractivity contribution in [1.29, 1.82) is 0 Å². The van der Waals surface area contributed by atoms with Crippen LogP contribution in [0.3, 0.4) is 0 Å². The van der Waals surface area contributed by atoms with E-state index < -0.39 is 0 Å². The van der Waals surface area contributed by atoms with Gasteiger partial charge in [-0.05, 0) is 17.8 Å². The summed E-state index contributed by atoms with van der Waals surface area (Å²) in [5.41, 5.74) is 0. The Morgan fingerprint density at radius 1 is 1.33 bits per heavy atom. The molecule has 34 valence electrons. The summed E-state index contributed by atoms with van der Waals surface area (Å²) >= 11 is 4.28. The molecular formula is C5H8S. The highest BCUT2D eigenvalue weighted by molar-refractivity contribution is 7.81. The van der Waals surface area contributed by atoms with Crippen molar-refractivity contribution in [3.8, 4) is 0 Å². The van der Waals surface area contributed by atoms with Crippen LogP contribution >= 0.6 is 12.6 Å². The van der Waals surface area contributed by atoms with Crippen LogP contribution < -0.4 is 0 Å². The lowest BCUT2D eigenvalue weighted by atomic mass is 10.2. The molecule has 0 aromatic rings. The highest BCUT2D eigenvalue weighted by Crippen LogP contribution is 2.70. The molecule has 0 nitrogen and oxygen atoms in total. The van der Waals surface area contributed by atoms with Gasteiger partial charge in [-0.15, -0.1) is 0 Å². The molecule has 6 heavy (non-hydrogen) atoms. The van der Waals surface area contributed by atoms with E-state index in [-0.39, 0.29) is 0 Å². The van der Waals surface area contributed by atoms with Crippen LogP contribution in [0.1, 0.15) is 6.92 Å². The van der Waals surface area contributed by atoms with E-state index in [1.54, 1.807) is 0 Å². The van der Waals surface area contributed by atoms with Crippen LogP contribution in [0, 0.1) is 17.8 Å². The van der Waals surface area contributed by atoms with Gasteiger partial charge in [-0.1, -0.05) is 6.92 Å². The zero-order chi connectivity index (χ0) is 4.31. The summed E-state index contributed by atoms with van der Waals surface area (Å²) in [4.78, 5) is 0. The lowest BCUT2D eigenvalue weighted by Gasteiger charge is -1.94. The van der Waals surface area contributed by atoms with Crippen LogP contribution in [0.5, 0.6) is 0 Å². The maximum Gasteiger partial charge on any atom is 0.00849 e. The van der Waals surface area contributed by atoms with Gasteiger partial charge in [-0.2, -0.15) is 12.6 Å². The summed E-state index contributed by atoms with van der Waals surface area (Å²) in [6, 6.07) is 0. The van der Waals surface area contributed by atoms with Crippen molar-refractivity contribution in [3.63, 3.8) is 0 Å². The van der Waals surface area contributed by atoms with Crippen molar-refractivity contribution in [2.45, 2.75) is 12.2 Å². The average molecular weight is 100 g/mol. The van der Waals surface area contributed by atoms with Gasteiger partial charge in [0.05, 0.1) is 0 Å². The third kappa shape index (κ3) is 0.183. The lowest BCUT2D eigenvalue weighted by molar-refractivity contribution is 0.694. The molecule has 0 aromatic carbocycles. The predicted molar refractivity (Wildman–Crippen MR) is 28.9 cm³/mol. The molecule has 0 aromatic heterocycles. The first-order chi connectivity index (χ1) is 2.82. The molecule has 0 N–H and O–H groups in total. The van der Waals surface area contributed by atoms with E-state index in [1.807, 2.05) is 0 Å². The SMILES string of the molecule is CC1C2C(S)C12. The minimum Gasteiger partial charge on any atom is -0.175 e. The van der Waals surface area contributed by atoms with Crippen LogP contribution in [-0.2, 0) is 0 Å². The third-order valence-electron chi connectivity index (χ3n) is 2.17. The Bertz CT molecular complexity index is 69.9. The van der Waals surface area contributed by atoms with E-state index in [1.165, 1.54) is 0 Å². The maximum absolute atomic E-state index is 4.28. The Balaban J connectivity index is 2.06. The smallest absolute Gasteiger partial charge is 0.00849 e. The van der Waals surface area contributed by atoms with E-state index in [0.29, 0.717) is 0 Å². The van der Waals surface area contributed by atoms with Crippen molar-refractivity contribution in [2.24, 2.45) is 17.8 Å². The van der Waals surface area contributed by atoms with Crippen molar-refractivity contribution in [3.05, 3.63) is 0 Å². The molecule has 0 radical (unpaired) electrons. The highest BCUT2D eigenvalue weighted by atomic mass is 32.1. The Morgan fingerprint density at radius 2 is 1.83 bits per heavy atom. The fourth-order valence-corrected chi connectivity index (χ4v) is 2.19. The second-order valence-corrected chi connectivity index (χ2v) is 3.10. The molecule has 2 aliphatic carbocycles. The highest BCUT2D eigenvalue weighted by Gasteiger charge is 2.69.